The lowest BCUT2D eigenvalue weighted by atomic mass is 10.1. The van der Waals surface area contributed by atoms with Crippen LogP contribution in [0.4, 0.5) is 11.5 Å². The largest absolute Gasteiger partial charge is 0.478 e. The van der Waals surface area contributed by atoms with Crippen molar-refractivity contribution in [2.24, 2.45) is 5.92 Å². The number of hydrogen-bond donors (Lipinski definition) is 2. The number of fused-ring (bicyclic) bond motifs is 1. The molecule has 3 aromatic rings. The lowest BCUT2D eigenvalue weighted by Gasteiger charge is -2.13. The number of carboxylic acids is 1. The summed E-state index contributed by atoms with van der Waals surface area (Å²) in [5.41, 5.74) is 3.36. The topological polar surface area (TPSA) is 67.2 Å². The fraction of sp³-hybridized carbons (Fsp3) is 0.391. The first-order chi connectivity index (χ1) is 13.7. The second-order valence-corrected chi connectivity index (χ2v) is 8.23. The van der Waals surface area contributed by atoms with Crippen LogP contribution in [-0.4, -0.2) is 20.6 Å². The van der Waals surface area contributed by atoms with E-state index in [2.05, 4.69) is 33.2 Å². The number of nitrogens with one attached hydrogen (secondary N) is 1. The van der Waals surface area contributed by atoms with Crippen molar-refractivity contribution in [3.63, 3.8) is 0 Å². The first-order valence-corrected chi connectivity index (χ1v) is 10.3. The molecule has 0 amide bonds. The maximum Gasteiger partial charge on any atom is 0.339 e. The number of benzene rings is 1. The van der Waals surface area contributed by atoms with Crippen molar-refractivity contribution in [1.82, 2.24) is 9.55 Å². The van der Waals surface area contributed by atoms with Gasteiger partial charge in [0.05, 0.1) is 5.52 Å². The van der Waals surface area contributed by atoms with E-state index in [9.17, 15) is 9.90 Å². The molecule has 5 nitrogen and oxygen atoms in total. The Labute approximate surface area is 164 Å². The molecule has 28 heavy (non-hydrogen) atoms. The minimum absolute atomic E-state index is 0.242. The van der Waals surface area contributed by atoms with Crippen molar-refractivity contribution >= 4 is 28.4 Å². The number of pyridine rings is 1. The Balaban J connectivity index is 1.46. The molecular weight excluding hydrogens is 350 g/mol. The minimum atomic E-state index is -0.941. The molecule has 0 atom stereocenters. The summed E-state index contributed by atoms with van der Waals surface area (Å²) in [5, 5.41) is 14.0. The highest BCUT2D eigenvalue weighted by Crippen LogP contribution is 2.41. The first kappa shape index (κ1) is 17.3. The van der Waals surface area contributed by atoms with Crippen molar-refractivity contribution in [2.75, 3.05) is 5.32 Å². The van der Waals surface area contributed by atoms with E-state index in [1.807, 2.05) is 18.3 Å². The van der Waals surface area contributed by atoms with Crippen LogP contribution in [-0.2, 0) is 6.54 Å². The van der Waals surface area contributed by atoms with E-state index < -0.39 is 5.97 Å². The second-order valence-electron chi connectivity index (χ2n) is 8.23. The van der Waals surface area contributed by atoms with Gasteiger partial charge >= 0.3 is 5.97 Å². The van der Waals surface area contributed by atoms with Crippen LogP contribution in [0.5, 0.6) is 0 Å². The van der Waals surface area contributed by atoms with Gasteiger partial charge in [0.15, 0.2) is 0 Å². The quantitative estimate of drug-likeness (QED) is 0.593. The van der Waals surface area contributed by atoms with Gasteiger partial charge in [-0.25, -0.2) is 9.78 Å². The zero-order chi connectivity index (χ0) is 19.1. The first-order valence-electron chi connectivity index (χ1n) is 10.3. The highest BCUT2D eigenvalue weighted by Gasteiger charge is 2.26. The molecule has 2 heterocycles. The summed E-state index contributed by atoms with van der Waals surface area (Å²) in [6.07, 6.45) is 11.5. The van der Waals surface area contributed by atoms with Crippen molar-refractivity contribution in [3.05, 3.63) is 53.9 Å². The molecule has 0 unspecified atom stereocenters. The average molecular weight is 375 g/mol. The van der Waals surface area contributed by atoms with E-state index in [-0.39, 0.29) is 5.56 Å². The zero-order valence-electron chi connectivity index (χ0n) is 15.9. The fourth-order valence-corrected chi connectivity index (χ4v) is 4.47. The third kappa shape index (κ3) is 3.26. The van der Waals surface area contributed by atoms with Gasteiger partial charge in [-0.3, -0.25) is 0 Å². The van der Waals surface area contributed by atoms with Crippen LogP contribution < -0.4 is 5.32 Å². The Bertz CT molecular complexity index is 1030. The van der Waals surface area contributed by atoms with Gasteiger partial charge in [-0.2, -0.15) is 0 Å². The molecule has 0 aliphatic heterocycles. The number of anilines is 2. The molecule has 0 bridgehead atoms. The monoisotopic (exact) mass is 375 g/mol. The predicted octanol–water partition coefficient (Wildman–Crippen LogP) is 5.55. The van der Waals surface area contributed by atoms with Crippen molar-refractivity contribution in [3.8, 4) is 0 Å². The Morgan fingerprint density at radius 2 is 2.00 bits per heavy atom. The van der Waals surface area contributed by atoms with E-state index >= 15 is 0 Å². The normalized spacial score (nSPS) is 17.3. The number of rotatable bonds is 6. The van der Waals surface area contributed by atoms with E-state index in [0.717, 1.165) is 41.9 Å². The summed E-state index contributed by atoms with van der Waals surface area (Å²) in [7, 11) is 0. The van der Waals surface area contributed by atoms with Crippen LogP contribution >= 0.6 is 0 Å². The van der Waals surface area contributed by atoms with Gasteiger partial charge < -0.3 is 15.0 Å². The Morgan fingerprint density at radius 1 is 1.18 bits per heavy atom. The molecule has 2 N–H and O–H groups in total. The van der Waals surface area contributed by atoms with Crippen molar-refractivity contribution in [2.45, 2.75) is 51.0 Å². The maximum absolute atomic E-state index is 11.8. The van der Waals surface area contributed by atoms with E-state index in [1.165, 1.54) is 31.2 Å². The smallest absolute Gasteiger partial charge is 0.339 e. The molecule has 2 aliphatic rings. The second kappa shape index (κ2) is 6.97. The summed E-state index contributed by atoms with van der Waals surface area (Å²) >= 11 is 0. The van der Waals surface area contributed by atoms with Crippen LogP contribution in [0.1, 0.15) is 60.4 Å². The van der Waals surface area contributed by atoms with Gasteiger partial charge in [-0.15, -0.1) is 0 Å². The molecule has 5 heteroatoms. The van der Waals surface area contributed by atoms with E-state index in [0.29, 0.717) is 11.7 Å². The standard InChI is InChI=1S/C23H25N3O2/c27-23(28)19-12-17(16-8-9-16)13-24-22(19)25-20-6-3-7-21-18(20)10-11-26(21)14-15-4-1-2-5-15/h3,6-7,10-13,15-16H,1-2,4-5,8-9,14H2,(H,24,25)(H,27,28). The Morgan fingerprint density at radius 3 is 2.75 bits per heavy atom. The molecule has 5 rings (SSSR count). The lowest BCUT2D eigenvalue weighted by Crippen LogP contribution is -2.07. The summed E-state index contributed by atoms with van der Waals surface area (Å²) in [4.78, 5) is 16.2. The molecule has 1 aromatic carbocycles. The van der Waals surface area contributed by atoms with Crippen LogP contribution in [0, 0.1) is 5.92 Å². The highest BCUT2D eigenvalue weighted by atomic mass is 16.4. The molecule has 144 valence electrons. The zero-order valence-corrected chi connectivity index (χ0v) is 15.9. The number of carboxylic acid groups (broad SMARTS) is 1. The van der Waals surface area contributed by atoms with Crippen molar-refractivity contribution < 1.29 is 9.90 Å². The van der Waals surface area contributed by atoms with Gasteiger partial charge in [0.1, 0.15) is 11.4 Å². The third-order valence-electron chi connectivity index (χ3n) is 6.18. The molecule has 2 aromatic heterocycles. The minimum Gasteiger partial charge on any atom is -0.478 e. The number of nitrogens with zero attached hydrogens (tertiary/aromatic N) is 2. The third-order valence-corrected chi connectivity index (χ3v) is 6.18. The number of carbonyl (C=O) groups is 1. The van der Waals surface area contributed by atoms with Gasteiger partial charge in [-0.05, 0) is 67.3 Å². The molecule has 0 radical (unpaired) electrons. The molecule has 0 spiro atoms. The van der Waals surface area contributed by atoms with Gasteiger partial charge in [0.2, 0.25) is 0 Å². The molecule has 2 fully saturated rings. The number of aromatic nitrogens is 2. The van der Waals surface area contributed by atoms with E-state index in [4.69, 9.17) is 0 Å². The summed E-state index contributed by atoms with van der Waals surface area (Å²) in [6.45, 7) is 1.06. The summed E-state index contributed by atoms with van der Waals surface area (Å²) < 4.78 is 2.33. The Hall–Kier alpha value is -2.82. The molecule has 2 saturated carbocycles. The van der Waals surface area contributed by atoms with Crippen molar-refractivity contribution in [1.29, 1.82) is 0 Å². The SMILES string of the molecule is O=C(O)c1cc(C2CC2)cnc1Nc1cccc2c1ccn2CC1CCCC1. The van der Waals surface area contributed by atoms with Crippen LogP contribution in [0.15, 0.2) is 42.7 Å². The molecule has 0 saturated heterocycles. The van der Waals surface area contributed by atoms with Gasteiger partial charge in [0.25, 0.3) is 0 Å². The van der Waals surface area contributed by atoms with Gasteiger partial charge in [-0.1, -0.05) is 18.9 Å². The summed E-state index contributed by atoms with van der Waals surface area (Å²) in [6, 6.07) is 10.0. The predicted molar refractivity (Wildman–Crippen MR) is 110 cm³/mol. The van der Waals surface area contributed by atoms with Gasteiger partial charge in [0, 0.05) is 30.0 Å². The van der Waals surface area contributed by atoms with E-state index in [1.54, 1.807) is 6.07 Å². The molecular formula is C23H25N3O2. The van der Waals surface area contributed by atoms with Crippen LogP contribution in [0.25, 0.3) is 10.9 Å². The summed E-state index contributed by atoms with van der Waals surface area (Å²) in [5.74, 6) is 0.714. The lowest BCUT2D eigenvalue weighted by molar-refractivity contribution is 0.0697. The van der Waals surface area contributed by atoms with Crippen LogP contribution in [0.2, 0.25) is 0 Å². The number of aromatic carboxylic acids is 1. The number of hydrogen-bond acceptors (Lipinski definition) is 3. The molecule has 2 aliphatic carbocycles. The van der Waals surface area contributed by atoms with Crippen LogP contribution in [0.3, 0.4) is 0 Å². The fourth-order valence-electron chi connectivity index (χ4n) is 4.47. The average Bonchev–Trinajstić information content (AvgIpc) is 3.27. The highest BCUT2D eigenvalue weighted by molar-refractivity contribution is 5.98. The maximum atomic E-state index is 11.8. The Kier molecular flexibility index (Phi) is 4.30.